The molecule has 0 saturated carbocycles. The zero-order valence-electron chi connectivity index (χ0n) is 19.2. The van der Waals surface area contributed by atoms with E-state index in [1.807, 2.05) is 12.1 Å². The van der Waals surface area contributed by atoms with Crippen LogP contribution >= 0.6 is 0 Å². The zero-order valence-corrected chi connectivity index (χ0v) is 21.2. The van der Waals surface area contributed by atoms with Gasteiger partial charge in [0, 0.05) is 0 Å². The number of benzene rings is 3. The lowest BCUT2D eigenvalue weighted by molar-refractivity contribution is 0.259. The average Bonchev–Trinajstić information content (AvgIpc) is 2.70. The van der Waals surface area contributed by atoms with Crippen molar-refractivity contribution in [2.24, 2.45) is 0 Å². The summed E-state index contributed by atoms with van der Waals surface area (Å²) in [6.45, 7) is 15.3. The first-order valence-electron chi connectivity index (χ1n) is 10.7. The maximum absolute atomic E-state index is 6.54. The van der Waals surface area contributed by atoms with Crippen molar-refractivity contribution >= 4 is 26.5 Å². The van der Waals surface area contributed by atoms with Gasteiger partial charge in [-0.1, -0.05) is 112 Å². The Morgan fingerprint density at radius 2 is 0.833 bits per heavy atom. The van der Waals surface area contributed by atoms with Gasteiger partial charge in [0.1, 0.15) is 13.2 Å². The van der Waals surface area contributed by atoms with Crippen LogP contribution in [0, 0.1) is 0 Å². The molecule has 0 amide bonds. The van der Waals surface area contributed by atoms with Crippen LogP contribution in [-0.4, -0.2) is 16.1 Å². The first-order valence-corrected chi connectivity index (χ1v) is 17.7. The summed E-state index contributed by atoms with van der Waals surface area (Å²) < 4.78 is 13.1. The van der Waals surface area contributed by atoms with Crippen molar-refractivity contribution in [3.05, 3.63) is 83.9 Å². The quantitative estimate of drug-likeness (QED) is 0.409. The minimum absolute atomic E-state index is 0.551. The number of hydrogen-bond donors (Lipinski definition) is 0. The van der Waals surface area contributed by atoms with E-state index in [0.29, 0.717) is 13.2 Å². The number of ether oxygens (including phenoxy) is 2. The van der Waals surface area contributed by atoms with Crippen molar-refractivity contribution in [1.29, 1.82) is 0 Å². The second-order valence-electron chi connectivity index (χ2n) is 9.87. The molecule has 0 fully saturated rings. The molecule has 0 aliphatic heterocycles. The van der Waals surface area contributed by atoms with E-state index < -0.39 is 16.1 Å². The van der Waals surface area contributed by atoms with E-state index in [1.54, 1.807) is 0 Å². The van der Waals surface area contributed by atoms with E-state index in [4.69, 9.17) is 9.47 Å². The minimum Gasteiger partial charge on any atom is -0.485 e. The van der Waals surface area contributed by atoms with Crippen molar-refractivity contribution in [2.75, 3.05) is 0 Å². The monoisotopic (exact) mass is 434 g/mol. The van der Waals surface area contributed by atoms with E-state index in [-0.39, 0.29) is 0 Å². The third-order valence-electron chi connectivity index (χ3n) is 5.18. The second-order valence-corrected chi connectivity index (χ2v) is 19.9. The summed E-state index contributed by atoms with van der Waals surface area (Å²) in [5.41, 5.74) is 2.35. The van der Waals surface area contributed by atoms with Crippen LogP contribution in [0.3, 0.4) is 0 Å². The largest absolute Gasteiger partial charge is 0.485 e. The van der Waals surface area contributed by atoms with E-state index >= 15 is 0 Å². The van der Waals surface area contributed by atoms with Crippen LogP contribution in [0.5, 0.6) is 11.5 Å². The first kappa shape index (κ1) is 22.4. The predicted octanol–water partition coefficient (Wildman–Crippen LogP) is 5.94. The molecule has 3 rings (SSSR count). The summed E-state index contributed by atoms with van der Waals surface area (Å²) in [5, 5.41) is 2.65. The van der Waals surface area contributed by atoms with Gasteiger partial charge >= 0.3 is 0 Å². The Bertz CT molecular complexity index is 876. The number of hydrogen-bond acceptors (Lipinski definition) is 2. The molecule has 0 radical (unpaired) electrons. The van der Waals surface area contributed by atoms with Gasteiger partial charge in [0.2, 0.25) is 0 Å². The number of rotatable bonds is 8. The van der Waals surface area contributed by atoms with E-state index in [9.17, 15) is 0 Å². The molecular weight excluding hydrogens is 400 g/mol. The normalized spacial score (nSPS) is 11.9. The molecule has 0 N–H and O–H groups in total. The average molecular weight is 435 g/mol. The second kappa shape index (κ2) is 9.23. The highest BCUT2D eigenvalue weighted by Gasteiger charge is 2.30. The minimum atomic E-state index is -1.63. The summed E-state index contributed by atoms with van der Waals surface area (Å²) >= 11 is 0. The van der Waals surface area contributed by atoms with Crippen molar-refractivity contribution in [2.45, 2.75) is 52.5 Å². The molecule has 0 aliphatic carbocycles. The predicted molar refractivity (Wildman–Crippen MR) is 134 cm³/mol. The van der Waals surface area contributed by atoms with Crippen LogP contribution in [0.4, 0.5) is 0 Å². The third kappa shape index (κ3) is 5.64. The maximum atomic E-state index is 6.54. The molecule has 0 bridgehead atoms. The van der Waals surface area contributed by atoms with E-state index in [0.717, 1.165) is 11.5 Å². The van der Waals surface area contributed by atoms with Crippen molar-refractivity contribution in [3.8, 4) is 11.5 Å². The fourth-order valence-corrected chi connectivity index (χ4v) is 6.39. The van der Waals surface area contributed by atoms with Gasteiger partial charge in [-0.25, -0.2) is 0 Å². The summed E-state index contributed by atoms with van der Waals surface area (Å²) in [5.74, 6) is 1.91. The van der Waals surface area contributed by atoms with Gasteiger partial charge in [0.25, 0.3) is 0 Å². The molecule has 0 aromatic heterocycles. The van der Waals surface area contributed by atoms with Crippen molar-refractivity contribution in [3.63, 3.8) is 0 Å². The molecule has 4 heteroatoms. The fraction of sp³-hybridized carbons (Fsp3) is 0.308. The summed E-state index contributed by atoms with van der Waals surface area (Å²) in [6.07, 6.45) is 0. The molecule has 30 heavy (non-hydrogen) atoms. The van der Waals surface area contributed by atoms with Gasteiger partial charge in [-0.15, -0.1) is 0 Å². The van der Waals surface area contributed by atoms with Crippen LogP contribution in [0.15, 0.2) is 72.8 Å². The lowest BCUT2D eigenvalue weighted by Gasteiger charge is -2.28. The molecule has 3 aromatic rings. The molecule has 158 valence electrons. The maximum Gasteiger partial charge on any atom is 0.160 e. The van der Waals surface area contributed by atoms with Crippen LogP contribution in [0.1, 0.15) is 11.1 Å². The van der Waals surface area contributed by atoms with Gasteiger partial charge in [0.05, 0.1) is 16.1 Å². The van der Waals surface area contributed by atoms with Gasteiger partial charge in [-0.3, -0.25) is 0 Å². The van der Waals surface area contributed by atoms with Gasteiger partial charge < -0.3 is 9.47 Å². The highest BCUT2D eigenvalue weighted by molar-refractivity contribution is 6.91. The van der Waals surface area contributed by atoms with Crippen molar-refractivity contribution in [1.82, 2.24) is 0 Å². The summed E-state index contributed by atoms with van der Waals surface area (Å²) in [7, 11) is -3.25. The smallest absolute Gasteiger partial charge is 0.160 e. The highest BCUT2D eigenvalue weighted by Crippen LogP contribution is 2.30. The summed E-state index contributed by atoms with van der Waals surface area (Å²) in [6, 6.07) is 25.4. The molecule has 3 aromatic carbocycles. The summed E-state index contributed by atoms with van der Waals surface area (Å²) in [4.78, 5) is 0. The lowest BCUT2D eigenvalue weighted by atomic mass is 10.2. The van der Waals surface area contributed by atoms with Crippen LogP contribution < -0.4 is 19.8 Å². The van der Waals surface area contributed by atoms with Crippen LogP contribution in [-0.2, 0) is 13.2 Å². The van der Waals surface area contributed by atoms with E-state index in [2.05, 4.69) is 99.9 Å². The molecule has 0 spiro atoms. The Balaban J connectivity index is 2.05. The first-order chi connectivity index (χ1) is 14.2. The van der Waals surface area contributed by atoms with Gasteiger partial charge in [-0.2, -0.15) is 0 Å². The Hall–Kier alpha value is -2.31. The highest BCUT2D eigenvalue weighted by atomic mass is 28.3. The van der Waals surface area contributed by atoms with Gasteiger partial charge in [0.15, 0.2) is 11.5 Å². The molecule has 0 saturated heterocycles. The molecular formula is C26H34O2Si2. The molecule has 0 atom stereocenters. The third-order valence-corrected chi connectivity index (χ3v) is 9.20. The van der Waals surface area contributed by atoms with Crippen LogP contribution in [0.2, 0.25) is 39.3 Å². The van der Waals surface area contributed by atoms with Crippen LogP contribution in [0.25, 0.3) is 0 Å². The Labute approximate surface area is 183 Å². The fourth-order valence-electron chi connectivity index (χ4n) is 3.49. The lowest BCUT2D eigenvalue weighted by Crippen LogP contribution is -2.44. The van der Waals surface area contributed by atoms with E-state index in [1.165, 1.54) is 21.5 Å². The Kier molecular flexibility index (Phi) is 6.89. The molecule has 0 unspecified atom stereocenters. The zero-order chi connectivity index (χ0) is 21.8. The molecule has 0 aliphatic rings. The van der Waals surface area contributed by atoms with Crippen molar-refractivity contribution < 1.29 is 9.47 Å². The Morgan fingerprint density at radius 3 is 1.13 bits per heavy atom. The molecule has 2 nitrogen and oxygen atoms in total. The SMILES string of the molecule is C[Si](C)(C)c1ccc([Si](C)(C)C)c(OCc2ccccc2)c1OCc1ccccc1. The van der Waals surface area contributed by atoms with Gasteiger partial charge in [-0.05, 0) is 21.5 Å². The topological polar surface area (TPSA) is 18.5 Å². The standard InChI is InChI=1S/C26H34O2Si2/c1-29(2,3)23-17-18-24(30(4,5)6)26(28-20-22-15-11-8-12-16-22)25(23)27-19-21-13-9-7-10-14-21/h7-18H,19-20H2,1-6H3. The Morgan fingerprint density at radius 1 is 0.500 bits per heavy atom. The molecule has 0 heterocycles.